The van der Waals surface area contributed by atoms with Crippen LogP contribution >= 0.6 is 0 Å². The number of hydrogen-bond donors (Lipinski definition) is 1. The quantitative estimate of drug-likeness (QED) is 0.726. The molecule has 0 aromatic heterocycles. The molecule has 0 bridgehead atoms. The van der Waals surface area contributed by atoms with Crippen LogP contribution in [-0.4, -0.2) is 39.0 Å². The Morgan fingerprint density at radius 2 is 2.12 bits per heavy atom. The van der Waals surface area contributed by atoms with E-state index >= 15 is 0 Å². The van der Waals surface area contributed by atoms with Gasteiger partial charge in [0.15, 0.2) is 0 Å². The largest absolute Gasteiger partial charge is 0.383 e. The molecule has 1 aliphatic rings. The van der Waals surface area contributed by atoms with Crippen molar-refractivity contribution in [3.63, 3.8) is 0 Å². The predicted molar refractivity (Wildman–Crippen MR) is 66.7 cm³/mol. The van der Waals surface area contributed by atoms with Gasteiger partial charge in [0.05, 0.1) is 25.4 Å². The molecular weight excluding hydrogens is 202 g/mol. The highest BCUT2D eigenvalue weighted by molar-refractivity contribution is 4.72. The SMILES string of the molecule is CCNC(COC)COC1CCCC(C)C1. The molecule has 0 amide bonds. The smallest absolute Gasteiger partial charge is 0.0645 e. The molecule has 0 heterocycles. The van der Waals surface area contributed by atoms with Gasteiger partial charge in [0.25, 0.3) is 0 Å². The molecule has 3 unspecified atom stereocenters. The first kappa shape index (κ1) is 13.9. The van der Waals surface area contributed by atoms with Crippen molar-refractivity contribution in [1.29, 1.82) is 0 Å². The van der Waals surface area contributed by atoms with E-state index in [-0.39, 0.29) is 0 Å². The molecule has 0 aromatic carbocycles. The Morgan fingerprint density at radius 1 is 1.31 bits per heavy atom. The van der Waals surface area contributed by atoms with E-state index in [9.17, 15) is 0 Å². The maximum atomic E-state index is 5.98. The molecule has 3 atom stereocenters. The number of rotatable bonds is 7. The lowest BCUT2D eigenvalue weighted by Crippen LogP contribution is -2.39. The van der Waals surface area contributed by atoms with E-state index in [0.29, 0.717) is 12.1 Å². The first-order valence-corrected chi connectivity index (χ1v) is 6.60. The number of likely N-dealkylation sites (N-methyl/N-ethyl adjacent to an activating group) is 1. The third kappa shape index (κ3) is 5.28. The summed E-state index contributed by atoms with van der Waals surface area (Å²) in [5.74, 6) is 0.832. The van der Waals surface area contributed by atoms with Crippen LogP contribution in [0.15, 0.2) is 0 Å². The summed E-state index contributed by atoms with van der Waals surface area (Å²) in [6.45, 7) is 6.92. The van der Waals surface area contributed by atoms with Crippen LogP contribution < -0.4 is 5.32 Å². The zero-order valence-electron chi connectivity index (χ0n) is 11.0. The highest BCUT2D eigenvalue weighted by Gasteiger charge is 2.20. The minimum absolute atomic E-state index is 0.340. The maximum Gasteiger partial charge on any atom is 0.0645 e. The van der Waals surface area contributed by atoms with Gasteiger partial charge in [0.1, 0.15) is 0 Å². The predicted octanol–water partition coefficient (Wildman–Crippen LogP) is 2.21. The minimum Gasteiger partial charge on any atom is -0.383 e. The highest BCUT2D eigenvalue weighted by Crippen LogP contribution is 2.25. The molecule has 0 aliphatic heterocycles. The van der Waals surface area contributed by atoms with Crippen molar-refractivity contribution < 1.29 is 9.47 Å². The topological polar surface area (TPSA) is 30.5 Å². The second kappa shape index (κ2) is 8.04. The van der Waals surface area contributed by atoms with Gasteiger partial charge in [-0.2, -0.15) is 0 Å². The van der Waals surface area contributed by atoms with E-state index in [0.717, 1.165) is 25.7 Å². The average Bonchev–Trinajstić information content (AvgIpc) is 2.27. The molecule has 1 saturated carbocycles. The lowest BCUT2D eigenvalue weighted by molar-refractivity contribution is -0.00646. The van der Waals surface area contributed by atoms with Gasteiger partial charge in [0, 0.05) is 7.11 Å². The number of methoxy groups -OCH3 is 1. The molecule has 3 heteroatoms. The third-order valence-electron chi connectivity index (χ3n) is 3.28. The molecule has 0 radical (unpaired) electrons. The van der Waals surface area contributed by atoms with Crippen LogP contribution in [0.1, 0.15) is 39.5 Å². The van der Waals surface area contributed by atoms with Crippen molar-refractivity contribution in [1.82, 2.24) is 5.32 Å². The maximum absolute atomic E-state index is 5.98. The van der Waals surface area contributed by atoms with E-state index < -0.39 is 0 Å². The van der Waals surface area contributed by atoms with Gasteiger partial charge >= 0.3 is 0 Å². The lowest BCUT2D eigenvalue weighted by Gasteiger charge is -2.28. The molecule has 3 nitrogen and oxygen atoms in total. The Labute approximate surface area is 99.9 Å². The Kier molecular flexibility index (Phi) is 7.01. The van der Waals surface area contributed by atoms with E-state index in [1.807, 2.05) is 0 Å². The number of nitrogens with one attached hydrogen (secondary N) is 1. The molecule has 0 aromatic rings. The van der Waals surface area contributed by atoms with E-state index in [2.05, 4.69) is 19.2 Å². The molecule has 0 saturated heterocycles. The molecule has 1 fully saturated rings. The number of hydrogen-bond acceptors (Lipinski definition) is 3. The summed E-state index contributed by atoms with van der Waals surface area (Å²) < 4.78 is 11.2. The van der Waals surface area contributed by atoms with Crippen molar-refractivity contribution in [3.8, 4) is 0 Å². The van der Waals surface area contributed by atoms with Crippen LogP contribution in [0.3, 0.4) is 0 Å². The number of ether oxygens (including phenoxy) is 2. The third-order valence-corrected chi connectivity index (χ3v) is 3.28. The Morgan fingerprint density at radius 3 is 2.75 bits per heavy atom. The highest BCUT2D eigenvalue weighted by atomic mass is 16.5. The van der Waals surface area contributed by atoms with Crippen LogP contribution in [0, 0.1) is 5.92 Å². The molecule has 16 heavy (non-hydrogen) atoms. The van der Waals surface area contributed by atoms with E-state index in [4.69, 9.17) is 9.47 Å². The van der Waals surface area contributed by atoms with Crippen molar-refractivity contribution >= 4 is 0 Å². The van der Waals surface area contributed by atoms with Crippen LogP contribution in [0.2, 0.25) is 0 Å². The van der Waals surface area contributed by atoms with Crippen molar-refractivity contribution in [3.05, 3.63) is 0 Å². The summed E-state index contributed by atoms with van der Waals surface area (Å²) in [4.78, 5) is 0. The fourth-order valence-electron chi connectivity index (χ4n) is 2.44. The Balaban J connectivity index is 2.19. The summed E-state index contributed by atoms with van der Waals surface area (Å²) >= 11 is 0. The van der Waals surface area contributed by atoms with Crippen LogP contribution in [0.25, 0.3) is 0 Å². The zero-order valence-corrected chi connectivity index (χ0v) is 11.0. The van der Waals surface area contributed by atoms with Gasteiger partial charge < -0.3 is 14.8 Å². The molecule has 96 valence electrons. The summed E-state index contributed by atoms with van der Waals surface area (Å²) in [6.07, 6.45) is 5.63. The van der Waals surface area contributed by atoms with Crippen molar-refractivity contribution in [2.45, 2.75) is 51.7 Å². The zero-order chi connectivity index (χ0) is 11.8. The second-order valence-electron chi connectivity index (χ2n) is 4.94. The van der Waals surface area contributed by atoms with Gasteiger partial charge in [-0.3, -0.25) is 0 Å². The van der Waals surface area contributed by atoms with Crippen molar-refractivity contribution in [2.75, 3.05) is 26.9 Å². The molecule has 1 aliphatic carbocycles. The summed E-state index contributed by atoms with van der Waals surface area (Å²) in [5.41, 5.74) is 0. The molecular formula is C13H27NO2. The monoisotopic (exact) mass is 229 g/mol. The summed E-state index contributed by atoms with van der Waals surface area (Å²) in [6, 6.07) is 0.340. The second-order valence-corrected chi connectivity index (χ2v) is 4.94. The summed E-state index contributed by atoms with van der Waals surface area (Å²) in [5, 5.41) is 3.38. The van der Waals surface area contributed by atoms with Gasteiger partial charge in [-0.25, -0.2) is 0 Å². The molecule has 1 rings (SSSR count). The van der Waals surface area contributed by atoms with Crippen molar-refractivity contribution in [2.24, 2.45) is 5.92 Å². The molecule has 0 spiro atoms. The van der Waals surface area contributed by atoms with Gasteiger partial charge in [-0.05, 0) is 25.3 Å². The summed E-state index contributed by atoms with van der Waals surface area (Å²) in [7, 11) is 1.74. The fourth-order valence-corrected chi connectivity index (χ4v) is 2.44. The standard InChI is InChI=1S/C13H27NO2/c1-4-14-12(9-15-3)10-16-13-7-5-6-11(2)8-13/h11-14H,4-10H2,1-3H3. The van der Waals surface area contributed by atoms with Gasteiger partial charge in [-0.1, -0.05) is 26.7 Å². The van der Waals surface area contributed by atoms with E-state index in [1.54, 1.807) is 7.11 Å². The fraction of sp³-hybridized carbons (Fsp3) is 1.00. The average molecular weight is 229 g/mol. The van der Waals surface area contributed by atoms with Crippen LogP contribution in [0.4, 0.5) is 0 Å². The molecule has 1 N–H and O–H groups in total. The first-order chi connectivity index (χ1) is 7.76. The minimum atomic E-state index is 0.340. The van der Waals surface area contributed by atoms with Crippen LogP contribution in [0.5, 0.6) is 0 Å². The van der Waals surface area contributed by atoms with Crippen LogP contribution in [-0.2, 0) is 9.47 Å². The Hall–Kier alpha value is -0.120. The van der Waals surface area contributed by atoms with Gasteiger partial charge in [0.2, 0.25) is 0 Å². The van der Waals surface area contributed by atoms with Gasteiger partial charge in [-0.15, -0.1) is 0 Å². The van der Waals surface area contributed by atoms with E-state index in [1.165, 1.54) is 25.7 Å². The Bertz CT molecular complexity index is 165. The normalized spacial score (nSPS) is 27.9. The first-order valence-electron chi connectivity index (χ1n) is 6.60. The lowest BCUT2D eigenvalue weighted by atomic mass is 9.89.